The maximum Gasteiger partial charge on any atom is 0.236 e. The molecule has 3 heterocycles. The zero-order valence-corrected chi connectivity index (χ0v) is 21.1. The van der Waals surface area contributed by atoms with Crippen LogP contribution in [0.5, 0.6) is 17.2 Å². The van der Waals surface area contributed by atoms with Crippen LogP contribution in [0.15, 0.2) is 30.2 Å². The number of carbonyl (C=O) groups excluding carboxylic acids is 2. The Bertz CT molecular complexity index is 1220. The summed E-state index contributed by atoms with van der Waals surface area (Å²) >= 11 is 6.47. The van der Waals surface area contributed by atoms with Crippen LogP contribution in [0, 0.1) is 5.92 Å². The van der Waals surface area contributed by atoms with Crippen LogP contribution in [-0.4, -0.2) is 77.1 Å². The standard InChI is InChI=1S/C25H29ClN4O5/c1-15-9-17(30-7-5-29(6-8-30)14-16-12-27-28(2)13-16)10-20(31)25(15)24(32)21-18(33-3)11-19(34-4)22(26)23(21)35-25/h10-13,15H,5-9,14H2,1-4H3/t15-,25+/m1/s1. The lowest BCUT2D eigenvalue weighted by Crippen LogP contribution is -2.56. The Hall–Kier alpha value is -3.04. The van der Waals surface area contributed by atoms with Gasteiger partial charge in [-0.1, -0.05) is 18.5 Å². The van der Waals surface area contributed by atoms with E-state index in [9.17, 15) is 9.59 Å². The minimum atomic E-state index is -1.64. The molecule has 9 nitrogen and oxygen atoms in total. The average Bonchev–Trinajstić information content (AvgIpc) is 3.40. The summed E-state index contributed by atoms with van der Waals surface area (Å²) in [7, 11) is 4.85. The van der Waals surface area contributed by atoms with E-state index in [0.29, 0.717) is 12.2 Å². The van der Waals surface area contributed by atoms with E-state index < -0.39 is 11.4 Å². The van der Waals surface area contributed by atoms with Gasteiger partial charge in [-0.25, -0.2) is 0 Å². The molecule has 2 aromatic rings. The lowest BCUT2D eigenvalue weighted by Gasteiger charge is -2.42. The Morgan fingerprint density at radius 2 is 1.89 bits per heavy atom. The second kappa shape index (κ2) is 8.87. The number of ether oxygens (including phenoxy) is 3. The van der Waals surface area contributed by atoms with Crippen LogP contribution in [0.25, 0.3) is 0 Å². The van der Waals surface area contributed by atoms with Gasteiger partial charge in [-0.15, -0.1) is 0 Å². The van der Waals surface area contributed by atoms with Crippen LogP contribution in [0.2, 0.25) is 5.02 Å². The van der Waals surface area contributed by atoms with Gasteiger partial charge in [0.05, 0.1) is 20.4 Å². The van der Waals surface area contributed by atoms with E-state index in [2.05, 4.69) is 14.9 Å². The molecule has 1 fully saturated rings. The molecule has 0 amide bonds. The van der Waals surface area contributed by atoms with Crippen LogP contribution < -0.4 is 14.2 Å². The number of aromatic nitrogens is 2. The van der Waals surface area contributed by atoms with Crippen molar-refractivity contribution >= 4 is 23.2 Å². The number of fused-ring (bicyclic) bond motifs is 1. The van der Waals surface area contributed by atoms with Crippen LogP contribution in [0.1, 0.15) is 29.3 Å². The molecule has 0 bridgehead atoms. The molecule has 0 unspecified atom stereocenters. The maximum absolute atomic E-state index is 13.6. The summed E-state index contributed by atoms with van der Waals surface area (Å²) in [5.74, 6) is -0.402. The second-order valence-corrected chi connectivity index (χ2v) is 9.73. The number of halogens is 1. The number of ketones is 2. The van der Waals surface area contributed by atoms with E-state index in [-0.39, 0.29) is 33.8 Å². The van der Waals surface area contributed by atoms with Crippen molar-refractivity contribution < 1.29 is 23.8 Å². The lowest BCUT2D eigenvalue weighted by atomic mass is 9.74. The minimum absolute atomic E-state index is 0.147. The summed E-state index contributed by atoms with van der Waals surface area (Å²) in [6, 6.07) is 1.55. The summed E-state index contributed by atoms with van der Waals surface area (Å²) < 4.78 is 18.7. The van der Waals surface area contributed by atoms with Crippen LogP contribution in [0.4, 0.5) is 0 Å². The van der Waals surface area contributed by atoms with Gasteiger partial charge in [0.15, 0.2) is 5.75 Å². The molecule has 1 aromatic heterocycles. The van der Waals surface area contributed by atoms with Gasteiger partial charge in [0.2, 0.25) is 17.2 Å². The quantitative estimate of drug-likeness (QED) is 0.579. The highest BCUT2D eigenvalue weighted by Gasteiger charge is 2.60. The number of rotatable bonds is 5. The fourth-order valence-electron chi connectivity index (χ4n) is 5.33. The molecule has 1 spiro atoms. The van der Waals surface area contributed by atoms with Gasteiger partial charge in [-0.05, 0) is 6.42 Å². The molecule has 1 saturated heterocycles. The largest absolute Gasteiger partial charge is 0.496 e. The van der Waals surface area contributed by atoms with Gasteiger partial charge < -0.3 is 19.1 Å². The van der Waals surface area contributed by atoms with Gasteiger partial charge in [-0.3, -0.25) is 19.2 Å². The van der Waals surface area contributed by atoms with Crippen molar-refractivity contribution in [1.82, 2.24) is 19.6 Å². The Labute approximate surface area is 209 Å². The third-order valence-corrected chi connectivity index (χ3v) is 7.59. The van der Waals surface area contributed by atoms with Gasteiger partial charge in [0.25, 0.3) is 0 Å². The molecule has 10 heteroatoms. The van der Waals surface area contributed by atoms with Crippen LogP contribution in [0.3, 0.4) is 0 Å². The zero-order chi connectivity index (χ0) is 24.9. The van der Waals surface area contributed by atoms with Crippen molar-refractivity contribution in [3.8, 4) is 17.2 Å². The zero-order valence-electron chi connectivity index (χ0n) is 20.3. The molecular weight excluding hydrogens is 472 g/mol. The highest BCUT2D eigenvalue weighted by Crippen LogP contribution is 2.53. The Morgan fingerprint density at radius 1 is 1.17 bits per heavy atom. The van der Waals surface area contributed by atoms with Crippen molar-refractivity contribution in [2.75, 3.05) is 40.4 Å². The molecule has 0 N–H and O–H groups in total. The number of methoxy groups -OCH3 is 2. The average molecular weight is 501 g/mol. The molecular formula is C25H29ClN4O5. The number of hydrogen-bond donors (Lipinski definition) is 0. The highest BCUT2D eigenvalue weighted by atomic mass is 35.5. The first-order chi connectivity index (χ1) is 16.8. The Balaban J connectivity index is 1.35. The summed E-state index contributed by atoms with van der Waals surface area (Å²) in [5, 5.41) is 4.40. The van der Waals surface area contributed by atoms with E-state index in [1.54, 1.807) is 12.1 Å². The first kappa shape index (κ1) is 23.7. The van der Waals surface area contributed by atoms with E-state index in [0.717, 1.165) is 38.4 Å². The SMILES string of the molecule is COc1cc(OC)c2c(c1Cl)O[C@@]1(C(=O)C=C(N3CCN(Cc4cnn(C)c4)CC3)C[C@H]1C)C2=O. The monoisotopic (exact) mass is 500 g/mol. The summed E-state index contributed by atoms with van der Waals surface area (Å²) in [5.41, 5.74) is 0.680. The van der Waals surface area contributed by atoms with Crippen molar-refractivity contribution in [3.63, 3.8) is 0 Å². The first-order valence-corrected chi connectivity index (χ1v) is 12.0. The van der Waals surface area contributed by atoms with Crippen molar-refractivity contribution in [1.29, 1.82) is 0 Å². The van der Waals surface area contributed by atoms with E-state index in [1.165, 1.54) is 19.8 Å². The topological polar surface area (TPSA) is 86.1 Å². The molecule has 2 aliphatic heterocycles. The first-order valence-electron chi connectivity index (χ1n) is 11.7. The Kier molecular flexibility index (Phi) is 6.01. The molecule has 1 aliphatic carbocycles. The number of Topliss-reactive ketones (excluding diaryl/α,β-unsaturated/α-hetero) is 1. The number of nitrogens with zero attached hydrogens (tertiary/aromatic N) is 4. The predicted octanol–water partition coefficient (Wildman–Crippen LogP) is 2.72. The van der Waals surface area contributed by atoms with Gasteiger partial charge >= 0.3 is 0 Å². The summed E-state index contributed by atoms with van der Waals surface area (Å²) in [4.78, 5) is 31.8. The van der Waals surface area contributed by atoms with E-state index in [1.807, 2.05) is 31.0 Å². The third kappa shape index (κ3) is 3.77. The van der Waals surface area contributed by atoms with Crippen molar-refractivity contribution in [2.24, 2.45) is 13.0 Å². The highest BCUT2D eigenvalue weighted by molar-refractivity contribution is 6.36. The molecule has 0 radical (unpaired) electrons. The number of carbonyl (C=O) groups is 2. The molecule has 5 rings (SSSR count). The normalized spacial score (nSPS) is 24.4. The maximum atomic E-state index is 13.6. The molecule has 2 atom stereocenters. The fourth-order valence-corrected chi connectivity index (χ4v) is 5.60. The summed E-state index contributed by atoms with van der Waals surface area (Å²) in [6.45, 7) is 6.12. The van der Waals surface area contributed by atoms with Gasteiger partial charge in [-0.2, -0.15) is 5.10 Å². The van der Waals surface area contributed by atoms with E-state index >= 15 is 0 Å². The van der Waals surface area contributed by atoms with Crippen molar-refractivity contribution in [3.05, 3.63) is 46.4 Å². The van der Waals surface area contributed by atoms with Crippen LogP contribution >= 0.6 is 11.6 Å². The molecule has 3 aliphatic rings. The number of allylic oxidation sites excluding steroid dienone is 1. The number of benzene rings is 1. The molecule has 0 saturated carbocycles. The van der Waals surface area contributed by atoms with Gasteiger partial charge in [0, 0.05) is 75.3 Å². The molecule has 186 valence electrons. The van der Waals surface area contributed by atoms with E-state index in [4.69, 9.17) is 25.8 Å². The summed E-state index contributed by atoms with van der Waals surface area (Å²) in [6.07, 6.45) is 6.05. The number of piperazine rings is 1. The Morgan fingerprint density at radius 3 is 2.49 bits per heavy atom. The third-order valence-electron chi connectivity index (χ3n) is 7.23. The smallest absolute Gasteiger partial charge is 0.236 e. The number of aryl methyl sites for hydroxylation is 1. The molecule has 35 heavy (non-hydrogen) atoms. The predicted molar refractivity (Wildman–Crippen MR) is 129 cm³/mol. The molecule has 1 aromatic carbocycles. The van der Waals surface area contributed by atoms with Gasteiger partial charge in [0.1, 0.15) is 22.1 Å². The fraction of sp³-hybridized carbons (Fsp3) is 0.480. The van der Waals surface area contributed by atoms with Crippen molar-refractivity contribution in [2.45, 2.75) is 25.5 Å². The van der Waals surface area contributed by atoms with Crippen LogP contribution in [-0.2, 0) is 18.4 Å². The lowest BCUT2D eigenvalue weighted by molar-refractivity contribution is -0.129. The number of hydrogen-bond acceptors (Lipinski definition) is 8. The minimum Gasteiger partial charge on any atom is -0.496 e. The second-order valence-electron chi connectivity index (χ2n) is 9.36.